The van der Waals surface area contributed by atoms with E-state index in [1.54, 1.807) is 41.3 Å². The van der Waals surface area contributed by atoms with Gasteiger partial charge < -0.3 is 10.6 Å². The lowest BCUT2D eigenvalue weighted by Gasteiger charge is -2.30. The molecule has 26 heavy (non-hydrogen) atoms. The fraction of sp³-hybridized carbons (Fsp3) is 0.286. The van der Waals surface area contributed by atoms with E-state index in [-0.39, 0.29) is 17.6 Å². The molecule has 5 nitrogen and oxygen atoms in total. The molecule has 2 N–H and O–H groups in total. The van der Waals surface area contributed by atoms with Gasteiger partial charge in [-0.15, -0.1) is 0 Å². The Balaban J connectivity index is 1.56. The first kappa shape index (κ1) is 16.5. The van der Waals surface area contributed by atoms with Crippen LogP contribution in [0.25, 0.3) is 0 Å². The molecule has 4 rings (SSSR count). The van der Waals surface area contributed by atoms with Gasteiger partial charge >= 0.3 is 0 Å². The predicted octanol–water partition coefficient (Wildman–Crippen LogP) is 2.58. The van der Waals surface area contributed by atoms with E-state index in [0.717, 1.165) is 24.0 Å². The van der Waals surface area contributed by atoms with Crippen molar-refractivity contribution in [3.63, 3.8) is 0 Å². The van der Waals surface area contributed by atoms with E-state index in [0.29, 0.717) is 36.2 Å². The molecule has 1 aliphatic carbocycles. The van der Waals surface area contributed by atoms with Gasteiger partial charge in [-0.05, 0) is 48.6 Å². The molecule has 1 saturated carbocycles. The van der Waals surface area contributed by atoms with Crippen molar-refractivity contribution in [1.29, 1.82) is 0 Å². The van der Waals surface area contributed by atoms with E-state index in [4.69, 9.17) is 5.73 Å². The summed E-state index contributed by atoms with van der Waals surface area (Å²) in [5.74, 6) is -0.261. The first-order valence-electron chi connectivity index (χ1n) is 8.88. The maximum Gasteiger partial charge on any atom is 0.254 e. The molecule has 0 unspecified atom stereocenters. The SMILES string of the molecule is NC(=O)c1cccc2c1CCN(C(=O)c1cccc(C(=O)C3CC3)c1)C2. The van der Waals surface area contributed by atoms with Crippen molar-refractivity contribution in [3.8, 4) is 0 Å². The Labute approximate surface area is 151 Å². The maximum absolute atomic E-state index is 12.9. The molecule has 1 heterocycles. The second-order valence-corrected chi connectivity index (χ2v) is 7.00. The number of carbonyl (C=O) groups is 3. The number of amides is 2. The van der Waals surface area contributed by atoms with E-state index < -0.39 is 5.91 Å². The van der Waals surface area contributed by atoms with Gasteiger partial charge in [0.25, 0.3) is 5.91 Å². The average molecular weight is 348 g/mol. The normalized spacial score (nSPS) is 16.1. The van der Waals surface area contributed by atoms with Crippen molar-refractivity contribution >= 4 is 17.6 Å². The van der Waals surface area contributed by atoms with Gasteiger partial charge in [0, 0.05) is 35.7 Å². The molecule has 2 aliphatic rings. The van der Waals surface area contributed by atoms with E-state index >= 15 is 0 Å². The van der Waals surface area contributed by atoms with Crippen LogP contribution in [0, 0.1) is 5.92 Å². The number of nitrogens with zero attached hydrogens (tertiary/aromatic N) is 1. The summed E-state index contributed by atoms with van der Waals surface area (Å²) < 4.78 is 0. The van der Waals surface area contributed by atoms with E-state index in [1.807, 2.05) is 6.07 Å². The summed E-state index contributed by atoms with van der Waals surface area (Å²) in [6.07, 6.45) is 2.49. The molecule has 132 valence electrons. The second-order valence-electron chi connectivity index (χ2n) is 7.00. The van der Waals surface area contributed by atoms with Gasteiger partial charge in [0.15, 0.2) is 5.78 Å². The Morgan fingerprint density at radius 3 is 2.46 bits per heavy atom. The Bertz CT molecular complexity index is 915. The smallest absolute Gasteiger partial charge is 0.254 e. The summed E-state index contributed by atoms with van der Waals surface area (Å²) in [5.41, 5.74) is 9.01. The molecular formula is C21H20N2O3. The minimum atomic E-state index is -0.437. The van der Waals surface area contributed by atoms with Crippen molar-refractivity contribution in [1.82, 2.24) is 4.90 Å². The molecule has 0 saturated heterocycles. The molecule has 2 aromatic rings. The number of primary amides is 1. The van der Waals surface area contributed by atoms with Crippen LogP contribution in [0.5, 0.6) is 0 Å². The number of carbonyl (C=O) groups excluding carboxylic acids is 3. The molecule has 0 spiro atoms. The number of hydrogen-bond acceptors (Lipinski definition) is 3. The van der Waals surface area contributed by atoms with Crippen LogP contribution in [0.1, 0.15) is 55.0 Å². The van der Waals surface area contributed by atoms with E-state index in [1.165, 1.54) is 0 Å². The zero-order chi connectivity index (χ0) is 18.3. The molecule has 0 aromatic heterocycles. The molecule has 0 bridgehead atoms. The molecule has 2 aromatic carbocycles. The zero-order valence-electron chi connectivity index (χ0n) is 14.4. The van der Waals surface area contributed by atoms with Gasteiger partial charge in [-0.2, -0.15) is 0 Å². The van der Waals surface area contributed by atoms with Crippen LogP contribution in [0.2, 0.25) is 0 Å². The number of hydrogen-bond donors (Lipinski definition) is 1. The molecule has 5 heteroatoms. The number of fused-ring (bicyclic) bond motifs is 1. The van der Waals surface area contributed by atoms with Gasteiger partial charge in [-0.3, -0.25) is 14.4 Å². The predicted molar refractivity (Wildman–Crippen MR) is 96.9 cm³/mol. The van der Waals surface area contributed by atoms with Crippen LogP contribution in [-0.4, -0.2) is 29.0 Å². The number of nitrogens with two attached hydrogens (primary N) is 1. The summed E-state index contributed by atoms with van der Waals surface area (Å²) in [4.78, 5) is 38.5. The Morgan fingerprint density at radius 2 is 1.73 bits per heavy atom. The molecule has 2 amide bonds. The quantitative estimate of drug-likeness (QED) is 0.862. The third-order valence-corrected chi connectivity index (χ3v) is 5.16. The Kier molecular flexibility index (Phi) is 4.07. The topological polar surface area (TPSA) is 80.5 Å². The van der Waals surface area contributed by atoms with Crippen LogP contribution in [0.3, 0.4) is 0 Å². The van der Waals surface area contributed by atoms with Crippen molar-refractivity contribution in [3.05, 3.63) is 70.3 Å². The van der Waals surface area contributed by atoms with E-state index in [2.05, 4.69) is 0 Å². The highest BCUT2D eigenvalue weighted by Gasteiger charge is 2.31. The van der Waals surface area contributed by atoms with Crippen LogP contribution < -0.4 is 5.73 Å². The van der Waals surface area contributed by atoms with Crippen LogP contribution >= 0.6 is 0 Å². The molecular weight excluding hydrogens is 328 g/mol. The van der Waals surface area contributed by atoms with Crippen LogP contribution in [0.15, 0.2) is 42.5 Å². The monoisotopic (exact) mass is 348 g/mol. The van der Waals surface area contributed by atoms with Crippen molar-refractivity contribution in [2.45, 2.75) is 25.8 Å². The lowest BCUT2D eigenvalue weighted by molar-refractivity contribution is 0.0734. The standard InChI is InChI=1S/C21H20N2O3/c22-20(25)18-6-2-5-16-12-23(10-9-17(16)18)21(26)15-4-1-3-14(11-15)19(24)13-7-8-13/h1-6,11,13H,7-10,12H2,(H2,22,25). The maximum atomic E-state index is 12.9. The average Bonchev–Trinajstić information content (AvgIpc) is 3.51. The molecule has 1 aliphatic heterocycles. The number of benzene rings is 2. The largest absolute Gasteiger partial charge is 0.366 e. The third kappa shape index (κ3) is 3.01. The molecule has 1 fully saturated rings. The minimum Gasteiger partial charge on any atom is -0.366 e. The number of Topliss-reactive ketones (excluding diaryl/α,β-unsaturated/α-hetero) is 1. The van der Waals surface area contributed by atoms with E-state index in [9.17, 15) is 14.4 Å². The zero-order valence-corrected chi connectivity index (χ0v) is 14.4. The lowest BCUT2D eigenvalue weighted by Crippen LogP contribution is -2.37. The summed E-state index contributed by atoms with van der Waals surface area (Å²) in [7, 11) is 0. The summed E-state index contributed by atoms with van der Waals surface area (Å²) >= 11 is 0. The highest BCUT2D eigenvalue weighted by Crippen LogP contribution is 2.33. The molecule has 0 radical (unpaired) electrons. The summed E-state index contributed by atoms with van der Waals surface area (Å²) in [5, 5.41) is 0. The first-order chi connectivity index (χ1) is 12.5. The van der Waals surface area contributed by atoms with Gasteiger partial charge in [0.05, 0.1) is 0 Å². The van der Waals surface area contributed by atoms with Gasteiger partial charge in [0.2, 0.25) is 5.91 Å². The fourth-order valence-electron chi connectivity index (χ4n) is 3.58. The van der Waals surface area contributed by atoms with Crippen LogP contribution in [0.4, 0.5) is 0 Å². The van der Waals surface area contributed by atoms with Gasteiger partial charge in [-0.1, -0.05) is 24.3 Å². The minimum absolute atomic E-state index is 0.0921. The first-order valence-corrected chi connectivity index (χ1v) is 8.88. The lowest BCUT2D eigenvalue weighted by atomic mass is 9.93. The van der Waals surface area contributed by atoms with Crippen LogP contribution in [-0.2, 0) is 13.0 Å². The second kappa shape index (κ2) is 6.41. The van der Waals surface area contributed by atoms with Crippen molar-refractivity contribution in [2.75, 3.05) is 6.54 Å². The van der Waals surface area contributed by atoms with Gasteiger partial charge in [0.1, 0.15) is 0 Å². The van der Waals surface area contributed by atoms with Gasteiger partial charge in [-0.25, -0.2) is 0 Å². The highest BCUT2D eigenvalue weighted by atomic mass is 16.2. The molecule has 0 atom stereocenters. The summed E-state index contributed by atoms with van der Waals surface area (Å²) in [6, 6.07) is 12.5. The third-order valence-electron chi connectivity index (χ3n) is 5.16. The highest BCUT2D eigenvalue weighted by molar-refractivity contribution is 6.02. The Morgan fingerprint density at radius 1 is 1.00 bits per heavy atom. The summed E-state index contributed by atoms with van der Waals surface area (Å²) in [6.45, 7) is 0.965. The van der Waals surface area contributed by atoms with Crippen molar-refractivity contribution in [2.24, 2.45) is 11.7 Å². The fourth-order valence-corrected chi connectivity index (χ4v) is 3.58. The Hall–Kier alpha value is -2.95. The van der Waals surface area contributed by atoms with Crippen molar-refractivity contribution < 1.29 is 14.4 Å². The number of rotatable bonds is 4. The number of ketones is 1.